The Bertz CT molecular complexity index is 914. The van der Waals surface area contributed by atoms with Crippen LogP contribution in [0.1, 0.15) is 29.9 Å². The van der Waals surface area contributed by atoms with Crippen LogP contribution >= 0.6 is 11.3 Å². The van der Waals surface area contributed by atoms with Gasteiger partial charge in [-0.2, -0.15) is 4.98 Å². The first-order chi connectivity index (χ1) is 13.7. The number of benzene rings is 1. The summed E-state index contributed by atoms with van der Waals surface area (Å²) < 4.78 is 5.39. The van der Waals surface area contributed by atoms with Crippen LogP contribution in [0.5, 0.6) is 0 Å². The maximum absolute atomic E-state index is 12.5. The second kappa shape index (κ2) is 8.67. The second-order valence-corrected chi connectivity index (χ2v) is 8.13. The van der Waals surface area contributed by atoms with Crippen molar-refractivity contribution in [2.45, 2.75) is 32.9 Å². The van der Waals surface area contributed by atoms with Crippen LogP contribution in [-0.4, -0.2) is 34.0 Å². The summed E-state index contributed by atoms with van der Waals surface area (Å²) in [4.78, 5) is 20.3. The molecule has 1 N–H and O–H groups in total. The van der Waals surface area contributed by atoms with Crippen LogP contribution in [-0.2, 0) is 17.9 Å². The van der Waals surface area contributed by atoms with E-state index in [1.54, 1.807) is 11.3 Å². The van der Waals surface area contributed by atoms with Gasteiger partial charge < -0.3 is 9.84 Å². The van der Waals surface area contributed by atoms with E-state index in [-0.39, 0.29) is 11.8 Å². The number of piperidine rings is 1. The first-order valence-corrected chi connectivity index (χ1v) is 10.5. The summed E-state index contributed by atoms with van der Waals surface area (Å²) in [6, 6.07) is 12.1. The van der Waals surface area contributed by atoms with Crippen LogP contribution in [0, 0.1) is 12.8 Å². The van der Waals surface area contributed by atoms with Crippen LogP contribution in [0.4, 0.5) is 0 Å². The minimum Gasteiger partial charge on any atom is -0.352 e. The molecule has 1 aliphatic rings. The van der Waals surface area contributed by atoms with Crippen molar-refractivity contribution in [1.29, 1.82) is 0 Å². The van der Waals surface area contributed by atoms with E-state index in [1.165, 1.54) is 11.1 Å². The Morgan fingerprint density at radius 3 is 2.82 bits per heavy atom. The van der Waals surface area contributed by atoms with Crippen molar-refractivity contribution in [2.75, 3.05) is 13.1 Å². The summed E-state index contributed by atoms with van der Waals surface area (Å²) in [5.74, 6) is 1.51. The fraction of sp³-hybridized carbons (Fsp3) is 0.381. The number of aromatic nitrogens is 2. The summed E-state index contributed by atoms with van der Waals surface area (Å²) in [6.45, 7) is 5.02. The predicted octanol–water partition coefficient (Wildman–Crippen LogP) is 3.63. The Morgan fingerprint density at radius 2 is 2.07 bits per heavy atom. The molecule has 6 nitrogen and oxygen atoms in total. The van der Waals surface area contributed by atoms with Crippen LogP contribution < -0.4 is 5.32 Å². The van der Waals surface area contributed by atoms with Gasteiger partial charge in [0.2, 0.25) is 17.6 Å². The zero-order valence-corrected chi connectivity index (χ0v) is 16.7. The molecule has 0 atom stereocenters. The average molecular weight is 397 g/mol. The van der Waals surface area contributed by atoms with Crippen molar-refractivity contribution < 1.29 is 9.32 Å². The first kappa shape index (κ1) is 18.8. The van der Waals surface area contributed by atoms with Gasteiger partial charge >= 0.3 is 0 Å². The van der Waals surface area contributed by atoms with Crippen LogP contribution in [0.2, 0.25) is 0 Å². The summed E-state index contributed by atoms with van der Waals surface area (Å²) >= 11 is 1.60. The molecule has 28 heavy (non-hydrogen) atoms. The summed E-state index contributed by atoms with van der Waals surface area (Å²) in [5, 5.41) is 9.16. The lowest BCUT2D eigenvalue weighted by molar-refractivity contribution is -0.126. The van der Waals surface area contributed by atoms with Gasteiger partial charge in [-0.3, -0.25) is 9.69 Å². The molecule has 4 rings (SSSR count). The molecule has 1 aliphatic heterocycles. The third kappa shape index (κ3) is 4.48. The number of rotatable bonds is 6. The van der Waals surface area contributed by atoms with E-state index in [9.17, 15) is 4.79 Å². The molecule has 0 saturated carbocycles. The molecule has 7 heteroatoms. The number of amides is 1. The van der Waals surface area contributed by atoms with Gasteiger partial charge in [0.15, 0.2) is 0 Å². The fourth-order valence-electron chi connectivity index (χ4n) is 3.50. The number of hydrogen-bond donors (Lipinski definition) is 1. The summed E-state index contributed by atoms with van der Waals surface area (Å²) in [7, 11) is 0. The molecule has 0 aliphatic carbocycles. The SMILES string of the molecule is Cc1ccccc1CNC(=O)C1CCN(Cc2nc(-c3cccs3)no2)CC1. The Balaban J connectivity index is 1.24. The third-order valence-electron chi connectivity index (χ3n) is 5.24. The molecule has 3 aromatic rings. The Morgan fingerprint density at radius 1 is 1.25 bits per heavy atom. The van der Waals surface area contributed by atoms with Crippen molar-refractivity contribution in [3.8, 4) is 10.7 Å². The van der Waals surface area contributed by atoms with E-state index in [1.807, 2.05) is 29.6 Å². The smallest absolute Gasteiger partial charge is 0.241 e. The van der Waals surface area contributed by atoms with E-state index >= 15 is 0 Å². The Labute approximate surface area is 168 Å². The lowest BCUT2D eigenvalue weighted by atomic mass is 9.95. The number of nitrogens with zero attached hydrogens (tertiary/aromatic N) is 3. The number of likely N-dealkylation sites (tertiary alicyclic amines) is 1. The largest absolute Gasteiger partial charge is 0.352 e. The topological polar surface area (TPSA) is 71.3 Å². The fourth-order valence-corrected chi connectivity index (χ4v) is 4.15. The Kier molecular flexibility index (Phi) is 5.83. The van der Waals surface area contributed by atoms with Crippen molar-refractivity contribution in [3.63, 3.8) is 0 Å². The van der Waals surface area contributed by atoms with Crippen LogP contribution in [0.3, 0.4) is 0 Å². The quantitative estimate of drug-likeness (QED) is 0.689. The molecule has 2 aromatic heterocycles. The lowest BCUT2D eigenvalue weighted by Crippen LogP contribution is -2.40. The van der Waals surface area contributed by atoms with Crippen LogP contribution in [0.25, 0.3) is 10.7 Å². The average Bonchev–Trinajstić information content (AvgIpc) is 3.39. The highest BCUT2D eigenvalue weighted by Gasteiger charge is 2.26. The van der Waals surface area contributed by atoms with Gasteiger partial charge in [-0.25, -0.2) is 0 Å². The third-order valence-corrected chi connectivity index (χ3v) is 6.11. The number of carbonyl (C=O) groups is 1. The maximum atomic E-state index is 12.5. The first-order valence-electron chi connectivity index (χ1n) is 9.60. The monoisotopic (exact) mass is 396 g/mol. The molecular weight excluding hydrogens is 372 g/mol. The summed E-state index contributed by atoms with van der Waals surface area (Å²) in [5.41, 5.74) is 2.38. The minimum absolute atomic E-state index is 0.0737. The molecule has 1 amide bonds. The molecule has 1 fully saturated rings. The van der Waals surface area contributed by atoms with Crippen LogP contribution in [0.15, 0.2) is 46.3 Å². The zero-order valence-electron chi connectivity index (χ0n) is 15.9. The number of thiophene rings is 1. The van der Waals surface area contributed by atoms with Crippen molar-refractivity contribution in [1.82, 2.24) is 20.4 Å². The standard InChI is InChI=1S/C21H24N4O2S/c1-15-5-2-3-6-17(15)13-22-21(26)16-8-10-25(11-9-16)14-19-23-20(24-27-19)18-7-4-12-28-18/h2-7,12,16H,8-11,13-14H2,1H3,(H,22,26). The van der Waals surface area contributed by atoms with E-state index in [0.717, 1.165) is 30.8 Å². The Hall–Kier alpha value is -2.51. The van der Waals surface area contributed by atoms with Crippen molar-refractivity contribution in [2.24, 2.45) is 5.92 Å². The second-order valence-electron chi connectivity index (χ2n) is 7.18. The highest BCUT2D eigenvalue weighted by molar-refractivity contribution is 7.13. The van der Waals surface area contributed by atoms with Gasteiger partial charge in [0, 0.05) is 12.5 Å². The van der Waals surface area contributed by atoms with E-state index in [2.05, 4.69) is 39.4 Å². The van der Waals surface area contributed by atoms with Crippen molar-refractivity contribution >= 4 is 17.2 Å². The van der Waals surface area contributed by atoms with E-state index in [4.69, 9.17) is 4.52 Å². The summed E-state index contributed by atoms with van der Waals surface area (Å²) in [6.07, 6.45) is 1.71. The van der Waals surface area contributed by atoms with E-state index in [0.29, 0.717) is 24.8 Å². The highest BCUT2D eigenvalue weighted by Crippen LogP contribution is 2.23. The molecule has 1 saturated heterocycles. The van der Waals surface area contributed by atoms with Crippen molar-refractivity contribution in [3.05, 3.63) is 58.8 Å². The number of carbonyl (C=O) groups excluding carboxylic acids is 1. The number of hydrogen-bond acceptors (Lipinski definition) is 6. The van der Waals surface area contributed by atoms with E-state index < -0.39 is 0 Å². The van der Waals surface area contributed by atoms with Gasteiger partial charge in [-0.1, -0.05) is 35.5 Å². The van der Waals surface area contributed by atoms with Gasteiger partial charge in [0.1, 0.15) is 0 Å². The van der Waals surface area contributed by atoms with Gasteiger partial charge in [-0.05, 0) is 55.4 Å². The lowest BCUT2D eigenvalue weighted by Gasteiger charge is -2.30. The molecular formula is C21H24N4O2S. The maximum Gasteiger partial charge on any atom is 0.241 e. The number of aryl methyl sites for hydroxylation is 1. The molecule has 3 heterocycles. The normalized spacial score (nSPS) is 15.6. The predicted molar refractivity (Wildman–Crippen MR) is 109 cm³/mol. The highest BCUT2D eigenvalue weighted by atomic mass is 32.1. The molecule has 0 radical (unpaired) electrons. The molecule has 0 bridgehead atoms. The molecule has 0 unspecified atom stereocenters. The van der Waals surface area contributed by atoms with Gasteiger partial charge in [-0.15, -0.1) is 11.3 Å². The minimum atomic E-state index is 0.0737. The van der Waals surface area contributed by atoms with Gasteiger partial charge in [0.05, 0.1) is 11.4 Å². The molecule has 0 spiro atoms. The molecule has 1 aromatic carbocycles. The molecule has 146 valence electrons. The zero-order chi connectivity index (χ0) is 19.3. The van der Waals surface area contributed by atoms with Gasteiger partial charge in [0.25, 0.3) is 0 Å². The number of nitrogens with one attached hydrogen (secondary N) is 1.